The smallest absolute Gasteiger partial charge is 0.152 e. The number of nitrogen functional groups attached to an aromatic ring is 1. The highest BCUT2D eigenvalue weighted by Gasteiger charge is 2.11. The Kier molecular flexibility index (Phi) is 3.86. The van der Waals surface area contributed by atoms with Crippen molar-refractivity contribution in [2.24, 2.45) is 5.84 Å². The molecule has 1 aromatic carbocycles. The number of benzene rings is 1. The van der Waals surface area contributed by atoms with Gasteiger partial charge >= 0.3 is 0 Å². The van der Waals surface area contributed by atoms with Crippen molar-refractivity contribution in [1.82, 2.24) is 9.97 Å². The molecule has 3 rings (SSSR count). The molecule has 5 heteroatoms. The summed E-state index contributed by atoms with van der Waals surface area (Å²) in [5.74, 6) is 7.11. The molecule has 0 saturated heterocycles. The van der Waals surface area contributed by atoms with Crippen LogP contribution in [0.15, 0.2) is 30.3 Å². The van der Waals surface area contributed by atoms with Gasteiger partial charge in [-0.3, -0.25) is 0 Å². The quantitative estimate of drug-likeness (QED) is 0.572. The molecule has 2 aromatic heterocycles. The number of aromatic nitrogens is 2. The second kappa shape index (κ2) is 5.79. The lowest BCUT2D eigenvalue weighted by atomic mass is 10.1. The van der Waals surface area contributed by atoms with E-state index in [0.29, 0.717) is 12.2 Å². The van der Waals surface area contributed by atoms with Gasteiger partial charge in [0.05, 0.1) is 5.39 Å². The predicted molar refractivity (Wildman–Crippen MR) is 88.6 cm³/mol. The Morgan fingerprint density at radius 2 is 1.95 bits per heavy atom. The number of nitrogens with two attached hydrogens (primary N) is 1. The fraction of sp³-hybridized carbons (Fsp3) is 0.250. The van der Waals surface area contributed by atoms with E-state index in [1.807, 2.05) is 0 Å². The second-order valence-corrected chi connectivity index (χ2v) is 6.20. The van der Waals surface area contributed by atoms with Gasteiger partial charge in [0.15, 0.2) is 5.82 Å². The normalized spacial score (nSPS) is 11.0. The molecule has 0 spiro atoms. The highest BCUT2D eigenvalue weighted by molar-refractivity contribution is 7.18. The number of thiophene rings is 1. The van der Waals surface area contributed by atoms with Gasteiger partial charge < -0.3 is 5.43 Å². The van der Waals surface area contributed by atoms with E-state index in [1.54, 1.807) is 11.3 Å². The maximum atomic E-state index is 5.61. The third-order valence-electron chi connectivity index (χ3n) is 3.46. The van der Waals surface area contributed by atoms with Gasteiger partial charge in [-0.25, -0.2) is 15.8 Å². The first-order chi connectivity index (χ1) is 10.2. The lowest BCUT2D eigenvalue weighted by molar-refractivity contribution is 0.992. The van der Waals surface area contributed by atoms with Crippen LogP contribution in [-0.2, 0) is 12.8 Å². The van der Waals surface area contributed by atoms with Crippen LogP contribution in [0.1, 0.15) is 28.8 Å². The van der Waals surface area contributed by atoms with Crippen LogP contribution in [0.4, 0.5) is 5.82 Å². The molecule has 0 aliphatic heterocycles. The zero-order chi connectivity index (χ0) is 14.8. The van der Waals surface area contributed by atoms with Crippen LogP contribution < -0.4 is 11.3 Å². The Hall–Kier alpha value is -1.98. The molecule has 0 amide bonds. The number of hydrogen-bond acceptors (Lipinski definition) is 5. The molecular weight excluding hydrogens is 280 g/mol. The van der Waals surface area contributed by atoms with E-state index in [4.69, 9.17) is 5.84 Å². The Morgan fingerprint density at radius 3 is 2.62 bits per heavy atom. The Balaban J connectivity index is 2.00. The zero-order valence-corrected chi connectivity index (χ0v) is 13.0. The van der Waals surface area contributed by atoms with E-state index in [9.17, 15) is 0 Å². The van der Waals surface area contributed by atoms with E-state index < -0.39 is 0 Å². The number of anilines is 1. The lowest BCUT2D eigenvalue weighted by Crippen LogP contribution is -2.10. The number of nitrogens with one attached hydrogen (secondary N) is 1. The average Bonchev–Trinajstić information content (AvgIpc) is 2.92. The van der Waals surface area contributed by atoms with Gasteiger partial charge in [0.2, 0.25) is 0 Å². The van der Waals surface area contributed by atoms with Crippen LogP contribution in [0.2, 0.25) is 0 Å². The van der Waals surface area contributed by atoms with Gasteiger partial charge in [0, 0.05) is 11.3 Å². The first-order valence-electron chi connectivity index (χ1n) is 7.01. The summed E-state index contributed by atoms with van der Waals surface area (Å²) in [5, 5.41) is 1.01. The van der Waals surface area contributed by atoms with Gasteiger partial charge in [-0.2, -0.15) is 0 Å². The monoisotopic (exact) mass is 298 g/mol. The molecule has 0 radical (unpaired) electrons. The number of hydrogen-bond donors (Lipinski definition) is 2. The number of fused-ring (bicyclic) bond motifs is 1. The highest BCUT2D eigenvalue weighted by atomic mass is 32.1. The van der Waals surface area contributed by atoms with Crippen LogP contribution in [-0.4, -0.2) is 9.97 Å². The molecule has 0 atom stereocenters. The summed E-state index contributed by atoms with van der Waals surface area (Å²) in [4.78, 5) is 11.5. The summed E-state index contributed by atoms with van der Waals surface area (Å²) in [7, 11) is 0. The minimum Gasteiger partial charge on any atom is -0.308 e. The van der Waals surface area contributed by atoms with Crippen molar-refractivity contribution in [2.75, 3.05) is 5.43 Å². The van der Waals surface area contributed by atoms with Gasteiger partial charge in [-0.1, -0.05) is 36.8 Å². The number of aryl methyl sites for hydroxylation is 2. The van der Waals surface area contributed by atoms with Crippen molar-refractivity contribution < 1.29 is 0 Å². The van der Waals surface area contributed by atoms with Crippen molar-refractivity contribution in [1.29, 1.82) is 0 Å². The largest absolute Gasteiger partial charge is 0.308 e. The van der Waals surface area contributed by atoms with Crippen LogP contribution in [0.5, 0.6) is 0 Å². The van der Waals surface area contributed by atoms with E-state index in [2.05, 4.69) is 59.6 Å². The SMILES string of the molecule is CCc1cc2c(NN)nc(Cc3ccc(C)cc3)nc2s1. The molecule has 0 fully saturated rings. The molecule has 0 aliphatic rings. The van der Waals surface area contributed by atoms with E-state index in [-0.39, 0.29) is 0 Å². The van der Waals surface area contributed by atoms with Crippen molar-refractivity contribution in [3.8, 4) is 0 Å². The number of rotatable bonds is 4. The molecule has 0 bridgehead atoms. The second-order valence-electron chi connectivity index (χ2n) is 5.08. The molecule has 4 nitrogen and oxygen atoms in total. The molecule has 108 valence electrons. The van der Waals surface area contributed by atoms with Gasteiger partial charge in [0.25, 0.3) is 0 Å². The van der Waals surface area contributed by atoms with Crippen molar-refractivity contribution >= 4 is 27.4 Å². The Bertz CT molecular complexity index is 762. The van der Waals surface area contributed by atoms with Crippen molar-refractivity contribution in [3.63, 3.8) is 0 Å². The molecule has 0 saturated carbocycles. The van der Waals surface area contributed by atoms with Gasteiger partial charge in [-0.05, 0) is 25.0 Å². The molecule has 21 heavy (non-hydrogen) atoms. The first kappa shape index (κ1) is 14.0. The minimum atomic E-state index is 0.707. The summed E-state index contributed by atoms with van der Waals surface area (Å²) in [6.45, 7) is 4.22. The summed E-state index contributed by atoms with van der Waals surface area (Å²) >= 11 is 1.71. The summed E-state index contributed by atoms with van der Waals surface area (Å²) in [5.41, 5.74) is 5.16. The minimum absolute atomic E-state index is 0.707. The van der Waals surface area contributed by atoms with Crippen molar-refractivity contribution in [3.05, 3.63) is 52.2 Å². The fourth-order valence-electron chi connectivity index (χ4n) is 2.27. The van der Waals surface area contributed by atoms with Crippen LogP contribution >= 0.6 is 11.3 Å². The first-order valence-corrected chi connectivity index (χ1v) is 7.82. The van der Waals surface area contributed by atoms with Crippen LogP contribution in [0.3, 0.4) is 0 Å². The molecule has 3 N–H and O–H groups in total. The zero-order valence-electron chi connectivity index (χ0n) is 12.2. The van der Waals surface area contributed by atoms with E-state index >= 15 is 0 Å². The maximum absolute atomic E-state index is 5.61. The van der Waals surface area contributed by atoms with E-state index in [1.165, 1.54) is 16.0 Å². The Morgan fingerprint density at radius 1 is 1.19 bits per heavy atom. The number of hydrazine groups is 1. The van der Waals surface area contributed by atoms with Gasteiger partial charge in [-0.15, -0.1) is 11.3 Å². The summed E-state index contributed by atoms with van der Waals surface area (Å²) < 4.78 is 0. The standard InChI is InChI=1S/C16H18N4S/c1-3-12-9-13-15(20-17)18-14(19-16(13)21-12)8-11-6-4-10(2)5-7-11/h4-7,9H,3,8,17H2,1-2H3,(H,18,19,20). The third kappa shape index (κ3) is 2.89. The predicted octanol–water partition coefficient (Wildman–Crippen LogP) is 3.44. The molecular formula is C16H18N4S. The number of nitrogens with zero attached hydrogens (tertiary/aromatic N) is 2. The maximum Gasteiger partial charge on any atom is 0.152 e. The topological polar surface area (TPSA) is 63.8 Å². The van der Waals surface area contributed by atoms with Crippen molar-refractivity contribution in [2.45, 2.75) is 26.7 Å². The third-order valence-corrected chi connectivity index (χ3v) is 4.63. The molecule has 3 aromatic rings. The summed E-state index contributed by atoms with van der Waals surface area (Å²) in [6, 6.07) is 10.6. The van der Waals surface area contributed by atoms with Crippen LogP contribution in [0.25, 0.3) is 10.2 Å². The van der Waals surface area contributed by atoms with Crippen LogP contribution in [0, 0.1) is 6.92 Å². The Labute approximate surface area is 128 Å². The summed E-state index contributed by atoms with van der Waals surface area (Å²) in [6.07, 6.45) is 1.71. The van der Waals surface area contributed by atoms with E-state index in [0.717, 1.165) is 22.5 Å². The molecule has 2 heterocycles. The van der Waals surface area contributed by atoms with Gasteiger partial charge in [0.1, 0.15) is 10.7 Å². The molecule has 0 aliphatic carbocycles. The highest BCUT2D eigenvalue weighted by Crippen LogP contribution is 2.29. The fourth-order valence-corrected chi connectivity index (χ4v) is 3.25. The molecule has 0 unspecified atom stereocenters. The lowest BCUT2D eigenvalue weighted by Gasteiger charge is -2.05. The average molecular weight is 298 g/mol.